The lowest BCUT2D eigenvalue weighted by atomic mass is 10.1. The average molecular weight is 288 g/mol. The van der Waals surface area contributed by atoms with Crippen molar-refractivity contribution in [3.63, 3.8) is 0 Å². The van der Waals surface area contributed by atoms with Crippen LogP contribution < -0.4 is 5.32 Å². The molecule has 0 aliphatic carbocycles. The van der Waals surface area contributed by atoms with Crippen LogP contribution in [0.15, 0.2) is 12.3 Å². The number of fused-ring (bicyclic) bond motifs is 1. The number of hydrogen-bond donors (Lipinski definition) is 1. The number of aryl methyl sites for hydroxylation is 2. The Hall–Kier alpha value is -1.95. The smallest absolute Gasteiger partial charge is 0.257 e. The van der Waals surface area contributed by atoms with Crippen molar-refractivity contribution in [1.82, 2.24) is 19.9 Å². The van der Waals surface area contributed by atoms with Crippen molar-refractivity contribution in [2.45, 2.75) is 45.8 Å². The van der Waals surface area contributed by atoms with E-state index in [1.807, 2.05) is 26.8 Å². The summed E-state index contributed by atoms with van der Waals surface area (Å²) < 4.78 is 7.30. The number of amides is 1. The highest BCUT2D eigenvalue weighted by molar-refractivity contribution is 5.99. The normalized spacial score (nSPS) is 19.9. The number of carbonyl (C=O) groups is 1. The lowest BCUT2D eigenvalue weighted by Crippen LogP contribution is -2.40. The Morgan fingerprint density at radius 3 is 3.05 bits per heavy atom. The minimum atomic E-state index is -0.148. The fraction of sp³-hybridized carbons (Fsp3) is 0.533. The van der Waals surface area contributed by atoms with Crippen LogP contribution in [0.2, 0.25) is 0 Å². The molecule has 2 aromatic rings. The lowest BCUT2D eigenvalue weighted by Gasteiger charge is -2.19. The summed E-state index contributed by atoms with van der Waals surface area (Å²) in [6.07, 6.45) is 3.73. The van der Waals surface area contributed by atoms with Gasteiger partial charge in [0.05, 0.1) is 18.3 Å². The third-order valence-corrected chi connectivity index (χ3v) is 3.90. The van der Waals surface area contributed by atoms with Gasteiger partial charge < -0.3 is 10.1 Å². The van der Waals surface area contributed by atoms with E-state index in [0.717, 1.165) is 30.8 Å². The van der Waals surface area contributed by atoms with Crippen LogP contribution in [0.25, 0.3) is 5.65 Å². The van der Waals surface area contributed by atoms with Crippen molar-refractivity contribution in [3.8, 4) is 0 Å². The molecule has 0 spiro atoms. The molecule has 0 saturated carbocycles. The van der Waals surface area contributed by atoms with Crippen LogP contribution in [0.4, 0.5) is 0 Å². The number of nitrogens with zero attached hydrogens (tertiary/aromatic N) is 3. The topological polar surface area (TPSA) is 68.5 Å². The van der Waals surface area contributed by atoms with E-state index >= 15 is 0 Å². The summed E-state index contributed by atoms with van der Waals surface area (Å²) in [5.41, 5.74) is 2.95. The Bertz CT molecular complexity index is 674. The van der Waals surface area contributed by atoms with Crippen LogP contribution in [0, 0.1) is 13.8 Å². The SMILES string of the molecule is Cc1cc(C)n2ncc(C(=O)N[C@H](C)[C@@H]3CCCO3)c2n1. The highest BCUT2D eigenvalue weighted by Crippen LogP contribution is 2.17. The van der Waals surface area contributed by atoms with Crippen molar-refractivity contribution in [2.75, 3.05) is 6.61 Å². The van der Waals surface area contributed by atoms with Crippen LogP contribution in [-0.4, -0.2) is 39.3 Å². The summed E-state index contributed by atoms with van der Waals surface area (Å²) in [7, 11) is 0. The van der Waals surface area contributed by atoms with Gasteiger partial charge in [-0.25, -0.2) is 9.50 Å². The number of nitrogens with one attached hydrogen (secondary N) is 1. The second-order valence-electron chi connectivity index (χ2n) is 5.65. The fourth-order valence-electron chi connectivity index (χ4n) is 2.80. The monoisotopic (exact) mass is 288 g/mol. The number of carbonyl (C=O) groups excluding carboxylic acids is 1. The van der Waals surface area contributed by atoms with Gasteiger partial charge in [-0.15, -0.1) is 0 Å². The van der Waals surface area contributed by atoms with Gasteiger partial charge in [-0.1, -0.05) is 0 Å². The molecular weight excluding hydrogens is 268 g/mol. The molecule has 0 aromatic carbocycles. The van der Waals surface area contributed by atoms with Gasteiger partial charge in [0, 0.05) is 18.0 Å². The largest absolute Gasteiger partial charge is 0.376 e. The molecule has 0 radical (unpaired) electrons. The number of aromatic nitrogens is 3. The molecule has 1 saturated heterocycles. The molecule has 1 N–H and O–H groups in total. The number of ether oxygens (including phenoxy) is 1. The molecule has 3 heterocycles. The van der Waals surface area contributed by atoms with E-state index in [1.54, 1.807) is 10.7 Å². The maximum Gasteiger partial charge on any atom is 0.257 e. The van der Waals surface area contributed by atoms with Crippen LogP contribution in [0.5, 0.6) is 0 Å². The molecule has 21 heavy (non-hydrogen) atoms. The van der Waals surface area contributed by atoms with Crippen molar-refractivity contribution in [2.24, 2.45) is 0 Å². The molecule has 6 heteroatoms. The van der Waals surface area contributed by atoms with E-state index in [9.17, 15) is 4.79 Å². The first-order chi connectivity index (χ1) is 10.1. The first-order valence-electron chi connectivity index (χ1n) is 7.30. The molecule has 1 amide bonds. The predicted molar refractivity (Wildman–Crippen MR) is 78.4 cm³/mol. The maximum absolute atomic E-state index is 12.4. The van der Waals surface area contributed by atoms with Crippen molar-refractivity contribution in [3.05, 3.63) is 29.2 Å². The van der Waals surface area contributed by atoms with Gasteiger partial charge in [-0.3, -0.25) is 4.79 Å². The fourth-order valence-corrected chi connectivity index (χ4v) is 2.80. The maximum atomic E-state index is 12.4. The first kappa shape index (κ1) is 14.0. The quantitative estimate of drug-likeness (QED) is 0.932. The van der Waals surface area contributed by atoms with Gasteiger partial charge in [0.25, 0.3) is 5.91 Å². The van der Waals surface area contributed by atoms with Crippen LogP contribution in [0.1, 0.15) is 41.5 Å². The highest BCUT2D eigenvalue weighted by atomic mass is 16.5. The van der Waals surface area contributed by atoms with Crippen molar-refractivity contribution < 1.29 is 9.53 Å². The zero-order valence-corrected chi connectivity index (χ0v) is 12.6. The molecule has 112 valence electrons. The van der Waals surface area contributed by atoms with Gasteiger partial charge in [0.15, 0.2) is 5.65 Å². The zero-order chi connectivity index (χ0) is 15.0. The third-order valence-electron chi connectivity index (χ3n) is 3.90. The number of rotatable bonds is 3. The predicted octanol–water partition coefficient (Wildman–Crippen LogP) is 1.64. The average Bonchev–Trinajstić information content (AvgIpc) is 3.07. The lowest BCUT2D eigenvalue weighted by molar-refractivity contribution is 0.0713. The van der Waals surface area contributed by atoms with Gasteiger partial charge in [-0.2, -0.15) is 5.10 Å². The molecular formula is C15H20N4O2. The molecule has 1 aliphatic heterocycles. The molecule has 0 bridgehead atoms. The first-order valence-corrected chi connectivity index (χ1v) is 7.30. The van der Waals surface area contributed by atoms with E-state index in [4.69, 9.17) is 4.74 Å². The minimum absolute atomic E-state index is 0.0131. The van der Waals surface area contributed by atoms with Crippen LogP contribution in [0.3, 0.4) is 0 Å². The molecule has 2 aromatic heterocycles. The van der Waals surface area contributed by atoms with Crippen LogP contribution in [-0.2, 0) is 4.74 Å². The van der Waals surface area contributed by atoms with Gasteiger partial charge in [0.2, 0.25) is 0 Å². The summed E-state index contributed by atoms with van der Waals surface area (Å²) in [5, 5.41) is 7.25. The van der Waals surface area contributed by atoms with Gasteiger partial charge >= 0.3 is 0 Å². The Morgan fingerprint density at radius 2 is 2.33 bits per heavy atom. The molecule has 1 fully saturated rings. The van der Waals surface area contributed by atoms with Crippen molar-refractivity contribution >= 4 is 11.6 Å². The van der Waals surface area contributed by atoms with Crippen molar-refractivity contribution in [1.29, 1.82) is 0 Å². The molecule has 0 unspecified atom stereocenters. The standard InChI is InChI=1S/C15H20N4O2/c1-9-7-10(2)19-14(17-9)12(8-16-19)15(20)18-11(3)13-5-4-6-21-13/h7-8,11,13H,4-6H2,1-3H3,(H,18,20)/t11-,13+/m1/s1. The van der Waals surface area contributed by atoms with Crippen LogP contribution >= 0.6 is 0 Å². The molecule has 6 nitrogen and oxygen atoms in total. The highest BCUT2D eigenvalue weighted by Gasteiger charge is 2.25. The molecule has 3 rings (SSSR count). The molecule has 2 atom stereocenters. The summed E-state index contributed by atoms with van der Waals surface area (Å²) in [6.45, 7) is 6.62. The second-order valence-corrected chi connectivity index (χ2v) is 5.65. The Morgan fingerprint density at radius 1 is 1.52 bits per heavy atom. The molecule has 1 aliphatic rings. The van der Waals surface area contributed by atoms with E-state index in [0.29, 0.717) is 11.2 Å². The van der Waals surface area contributed by atoms with E-state index in [-0.39, 0.29) is 18.1 Å². The van der Waals surface area contributed by atoms with E-state index in [1.165, 1.54) is 0 Å². The Labute approximate surface area is 123 Å². The van der Waals surface area contributed by atoms with Gasteiger partial charge in [0.1, 0.15) is 5.56 Å². The number of hydrogen-bond acceptors (Lipinski definition) is 4. The minimum Gasteiger partial charge on any atom is -0.376 e. The Balaban J connectivity index is 1.84. The van der Waals surface area contributed by atoms with E-state index < -0.39 is 0 Å². The zero-order valence-electron chi connectivity index (χ0n) is 12.6. The summed E-state index contributed by atoms with van der Waals surface area (Å²) in [5.74, 6) is -0.148. The Kier molecular flexibility index (Phi) is 3.63. The third kappa shape index (κ3) is 2.63. The van der Waals surface area contributed by atoms with E-state index in [2.05, 4.69) is 15.4 Å². The second kappa shape index (κ2) is 5.44. The summed E-state index contributed by atoms with van der Waals surface area (Å²) in [6, 6.07) is 1.93. The summed E-state index contributed by atoms with van der Waals surface area (Å²) in [4.78, 5) is 16.9. The van der Waals surface area contributed by atoms with Gasteiger partial charge in [-0.05, 0) is 39.7 Å². The summed E-state index contributed by atoms with van der Waals surface area (Å²) >= 11 is 0.